The lowest BCUT2D eigenvalue weighted by Gasteiger charge is -2.18. The molecule has 0 aliphatic carbocycles. The molecule has 21 heavy (non-hydrogen) atoms. The lowest BCUT2D eigenvalue weighted by Crippen LogP contribution is -2.29. The minimum atomic E-state index is -0.509. The highest BCUT2D eigenvalue weighted by molar-refractivity contribution is 5.97. The van der Waals surface area contributed by atoms with Crippen LogP contribution in [0, 0.1) is 11.7 Å². The van der Waals surface area contributed by atoms with Crippen LogP contribution in [0.4, 0.5) is 4.39 Å². The molecule has 1 aromatic carbocycles. The molecule has 1 saturated heterocycles. The van der Waals surface area contributed by atoms with E-state index < -0.39 is 5.82 Å². The number of nitrogens with zero attached hydrogens (tertiary/aromatic N) is 1. The second-order valence-corrected chi connectivity index (χ2v) is 5.30. The molecule has 1 heterocycles. The van der Waals surface area contributed by atoms with Gasteiger partial charge in [0.2, 0.25) is 0 Å². The largest absolute Gasteiger partial charge is 0.493 e. The van der Waals surface area contributed by atoms with Crippen LogP contribution in [-0.2, 0) is 4.74 Å². The molecule has 1 aliphatic heterocycles. The SMILES string of the molecule is CCCOC[C@@H]1CCN(C(=O)c2cccc(F)c2OC)C1. The maximum absolute atomic E-state index is 13.7. The number of hydrogen-bond acceptors (Lipinski definition) is 3. The molecule has 1 fully saturated rings. The van der Waals surface area contributed by atoms with E-state index >= 15 is 0 Å². The predicted octanol–water partition coefficient (Wildman–Crippen LogP) is 2.72. The monoisotopic (exact) mass is 295 g/mol. The van der Waals surface area contributed by atoms with Gasteiger partial charge in [-0.1, -0.05) is 13.0 Å². The summed E-state index contributed by atoms with van der Waals surface area (Å²) < 4.78 is 24.2. The Hall–Kier alpha value is -1.62. The molecule has 1 atom stereocenters. The first-order valence-corrected chi connectivity index (χ1v) is 7.36. The number of halogens is 1. The van der Waals surface area contributed by atoms with Crippen molar-refractivity contribution in [3.63, 3.8) is 0 Å². The molecule has 0 spiro atoms. The number of carbonyl (C=O) groups excluding carboxylic acids is 1. The number of carbonyl (C=O) groups is 1. The summed E-state index contributed by atoms with van der Waals surface area (Å²) in [5.74, 6) is -0.303. The Morgan fingerprint density at radius 3 is 3.00 bits per heavy atom. The van der Waals surface area contributed by atoms with E-state index in [1.54, 1.807) is 11.0 Å². The van der Waals surface area contributed by atoms with Crippen molar-refractivity contribution >= 4 is 5.91 Å². The molecule has 2 rings (SSSR count). The molecule has 1 aromatic rings. The molecular formula is C16H22FNO3. The van der Waals surface area contributed by atoms with Crippen molar-refractivity contribution in [1.82, 2.24) is 4.90 Å². The van der Waals surface area contributed by atoms with Crippen molar-refractivity contribution in [2.24, 2.45) is 5.92 Å². The third kappa shape index (κ3) is 3.73. The standard InChI is InChI=1S/C16H22FNO3/c1-3-9-21-11-12-7-8-18(10-12)16(19)13-5-4-6-14(17)15(13)20-2/h4-6,12H,3,7-11H2,1-2H3/t12-/m1/s1. The number of ether oxygens (including phenoxy) is 2. The lowest BCUT2D eigenvalue weighted by molar-refractivity contribution is 0.0750. The highest BCUT2D eigenvalue weighted by atomic mass is 19.1. The van der Waals surface area contributed by atoms with Crippen LogP contribution in [0.5, 0.6) is 5.75 Å². The van der Waals surface area contributed by atoms with Gasteiger partial charge in [0, 0.05) is 25.6 Å². The summed E-state index contributed by atoms with van der Waals surface area (Å²) >= 11 is 0. The number of likely N-dealkylation sites (tertiary alicyclic amines) is 1. The molecule has 0 saturated carbocycles. The molecule has 0 aromatic heterocycles. The van der Waals surface area contributed by atoms with Crippen molar-refractivity contribution in [3.8, 4) is 5.75 Å². The summed E-state index contributed by atoms with van der Waals surface area (Å²) in [5.41, 5.74) is 0.285. The molecule has 4 nitrogen and oxygen atoms in total. The van der Waals surface area contributed by atoms with Crippen LogP contribution >= 0.6 is 0 Å². The quantitative estimate of drug-likeness (QED) is 0.757. The lowest BCUT2D eigenvalue weighted by atomic mass is 10.1. The van der Waals surface area contributed by atoms with Gasteiger partial charge in [-0.2, -0.15) is 0 Å². The van der Waals surface area contributed by atoms with E-state index in [-0.39, 0.29) is 17.2 Å². The van der Waals surface area contributed by atoms with Crippen LogP contribution in [0.2, 0.25) is 0 Å². The Kier molecular flexibility index (Phi) is 5.56. The predicted molar refractivity (Wildman–Crippen MR) is 78.1 cm³/mol. The molecule has 5 heteroatoms. The van der Waals surface area contributed by atoms with E-state index in [1.807, 2.05) is 0 Å². The van der Waals surface area contributed by atoms with Crippen LogP contribution in [0.1, 0.15) is 30.1 Å². The van der Waals surface area contributed by atoms with Gasteiger partial charge in [0.1, 0.15) is 0 Å². The van der Waals surface area contributed by atoms with Crippen LogP contribution in [0.3, 0.4) is 0 Å². The molecule has 0 N–H and O–H groups in total. The summed E-state index contributed by atoms with van der Waals surface area (Å²) in [7, 11) is 1.38. The molecule has 0 unspecified atom stereocenters. The summed E-state index contributed by atoms with van der Waals surface area (Å²) in [6.45, 7) is 4.83. The average Bonchev–Trinajstić information content (AvgIpc) is 2.95. The van der Waals surface area contributed by atoms with E-state index in [0.717, 1.165) is 19.4 Å². The number of hydrogen-bond donors (Lipinski definition) is 0. The van der Waals surface area contributed by atoms with Gasteiger partial charge in [-0.3, -0.25) is 4.79 Å². The molecule has 0 bridgehead atoms. The van der Waals surface area contributed by atoms with Crippen LogP contribution < -0.4 is 4.74 Å². The Bertz CT molecular complexity index is 492. The summed E-state index contributed by atoms with van der Waals surface area (Å²) in [6, 6.07) is 4.43. The van der Waals surface area contributed by atoms with Gasteiger partial charge in [0.25, 0.3) is 5.91 Å². The normalized spacial score (nSPS) is 18.0. The van der Waals surface area contributed by atoms with Gasteiger partial charge in [0.05, 0.1) is 19.3 Å². The van der Waals surface area contributed by atoms with E-state index in [1.165, 1.54) is 19.2 Å². The third-order valence-electron chi connectivity index (χ3n) is 3.68. The molecule has 1 amide bonds. The first kappa shape index (κ1) is 15.8. The molecule has 116 valence electrons. The van der Waals surface area contributed by atoms with E-state index in [0.29, 0.717) is 25.6 Å². The van der Waals surface area contributed by atoms with Crippen LogP contribution in [0.15, 0.2) is 18.2 Å². The first-order valence-electron chi connectivity index (χ1n) is 7.36. The zero-order valence-corrected chi connectivity index (χ0v) is 12.6. The highest BCUT2D eigenvalue weighted by Gasteiger charge is 2.29. The number of methoxy groups -OCH3 is 1. The fourth-order valence-corrected chi connectivity index (χ4v) is 2.60. The molecule has 1 aliphatic rings. The average molecular weight is 295 g/mol. The first-order chi connectivity index (χ1) is 10.2. The maximum atomic E-state index is 13.7. The van der Waals surface area contributed by atoms with Gasteiger partial charge >= 0.3 is 0 Å². The Morgan fingerprint density at radius 2 is 2.29 bits per heavy atom. The number of rotatable bonds is 6. The molecular weight excluding hydrogens is 273 g/mol. The fraction of sp³-hybridized carbons (Fsp3) is 0.562. The second-order valence-electron chi connectivity index (χ2n) is 5.30. The van der Waals surface area contributed by atoms with Gasteiger partial charge in [-0.05, 0) is 25.0 Å². The van der Waals surface area contributed by atoms with Crippen molar-refractivity contribution in [1.29, 1.82) is 0 Å². The maximum Gasteiger partial charge on any atom is 0.257 e. The smallest absolute Gasteiger partial charge is 0.257 e. The minimum absolute atomic E-state index is 0.0215. The number of para-hydroxylation sites is 1. The van der Waals surface area contributed by atoms with Gasteiger partial charge in [-0.15, -0.1) is 0 Å². The van der Waals surface area contributed by atoms with E-state index in [4.69, 9.17) is 9.47 Å². The van der Waals surface area contributed by atoms with Crippen molar-refractivity contribution in [2.45, 2.75) is 19.8 Å². The fourth-order valence-electron chi connectivity index (χ4n) is 2.60. The zero-order valence-electron chi connectivity index (χ0n) is 12.6. The van der Waals surface area contributed by atoms with Gasteiger partial charge in [-0.25, -0.2) is 4.39 Å². The van der Waals surface area contributed by atoms with Crippen molar-refractivity contribution in [2.75, 3.05) is 33.4 Å². The number of benzene rings is 1. The molecule has 0 radical (unpaired) electrons. The summed E-state index contributed by atoms with van der Waals surface area (Å²) in [4.78, 5) is 14.2. The second kappa shape index (κ2) is 7.41. The van der Waals surface area contributed by atoms with E-state index in [9.17, 15) is 9.18 Å². The Morgan fingerprint density at radius 1 is 1.48 bits per heavy atom. The number of amides is 1. The highest BCUT2D eigenvalue weighted by Crippen LogP contribution is 2.26. The minimum Gasteiger partial charge on any atom is -0.493 e. The third-order valence-corrected chi connectivity index (χ3v) is 3.68. The summed E-state index contributed by atoms with van der Waals surface area (Å²) in [5, 5.41) is 0. The summed E-state index contributed by atoms with van der Waals surface area (Å²) in [6.07, 6.45) is 1.92. The van der Waals surface area contributed by atoms with Crippen LogP contribution in [0.25, 0.3) is 0 Å². The van der Waals surface area contributed by atoms with Gasteiger partial charge in [0.15, 0.2) is 11.6 Å². The van der Waals surface area contributed by atoms with Gasteiger partial charge < -0.3 is 14.4 Å². The Balaban J connectivity index is 2.00. The van der Waals surface area contributed by atoms with Crippen LogP contribution in [-0.4, -0.2) is 44.2 Å². The van der Waals surface area contributed by atoms with E-state index in [2.05, 4.69) is 6.92 Å². The zero-order chi connectivity index (χ0) is 15.2. The van der Waals surface area contributed by atoms with Crippen molar-refractivity contribution < 1.29 is 18.7 Å². The topological polar surface area (TPSA) is 38.8 Å². The Labute approximate surface area is 124 Å². The van der Waals surface area contributed by atoms with Crippen molar-refractivity contribution in [3.05, 3.63) is 29.6 Å².